The van der Waals surface area contributed by atoms with Crippen LogP contribution in [0.1, 0.15) is 49.7 Å². The highest BCUT2D eigenvalue weighted by molar-refractivity contribution is 6.12. The number of imidazole rings is 1. The Labute approximate surface area is 218 Å². The summed E-state index contributed by atoms with van der Waals surface area (Å²) in [5.41, 5.74) is 1.58. The minimum absolute atomic E-state index is 0.186. The van der Waals surface area contributed by atoms with E-state index in [2.05, 4.69) is 20.3 Å². The third kappa shape index (κ3) is 5.36. The molecular weight excluding hydrogens is 491 g/mol. The molecule has 0 bridgehead atoms. The fraction of sp³-hybridized carbons (Fsp3) is 0.370. The van der Waals surface area contributed by atoms with E-state index >= 15 is 0 Å². The standard InChI is InChI=1S/C27H29FN6O4/c1-16-13-34-14-17(12-20(28)24(34)31-16)32-25(35)19-7-8-21(23-22(19)29-9-10-30-23)37-18-6-5-11-33(15-18)26(36)38-27(2,3)4/h7-10,12-14,18H,5-6,11,15H2,1-4H3,(H,32,35). The normalized spacial score (nSPS) is 16.0. The molecule has 4 aromatic rings. The second-order valence-electron chi connectivity index (χ2n) is 10.3. The summed E-state index contributed by atoms with van der Waals surface area (Å²) >= 11 is 0. The van der Waals surface area contributed by atoms with E-state index in [9.17, 15) is 14.0 Å². The van der Waals surface area contributed by atoms with Crippen molar-refractivity contribution in [1.29, 1.82) is 0 Å². The molecular formula is C27H29FN6O4. The number of benzene rings is 1. The summed E-state index contributed by atoms with van der Waals surface area (Å²) < 4.78 is 27.8. The van der Waals surface area contributed by atoms with Crippen LogP contribution in [0.4, 0.5) is 14.9 Å². The van der Waals surface area contributed by atoms with E-state index in [4.69, 9.17) is 9.47 Å². The van der Waals surface area contributed by atoms with Gasteiger partial charge in [-0.1, -0.05) is 0 Å². The zero-order chi connectivity index (χ0) is 27.0. The van der Waals surface area contributed by atoms with Crippen molar-refractivity contribution in [3.05, 3.63) is 60.1 Å². The fourth-order valence-electron chi connectivity index (χ4n) is 4.46. The van der Waals surface area contributed by atoms with Crippen LogP contribution in [0.5, 0.6) is 5.75 Å². The number of aryl methyl sites for hydroxylation is 1. The van der Waals surface area contributed by atoms with E-state index in [0.717, 1.165) is 12.8 Å². The molecule has 0 radical (unpaired) electrons. The molecule has 1 fully saturated rings. The Bertz CT molecular complexity index is 1530. The summed E-state index contributed by atoms with van der Waals surface area (Å²) in [6.45, 7) is 8.23. The molecule has 2 amide bonds. The maximum atomic E-state index is 14.5. The first-order chi connectivity index (χ1) is 18.1. The number of rotatable bonds is 4. The van der Waals surface area contributed by atoms with Crippen LogP contribution in [0.15, 0.2) is 43.0 Å². The Morgan fingerprint density at radius 1 is 1.13 bits per heavy atom. The molecule has 1 aliphatic rings. The first-order valence-corrected chi connectivity index (χ1v) is 12.4. The summed E-state index contributed by atoms with van der Waals surface area (Å²) in [5.74, 6) is -0.550. The molecule has 10 nitrogen and oxygen atoms in total. The minimum Gasteiger partial charge on any atom is -0.486 e. The molecule has 0 aliphatic carbocycles. The Balaban J connectivity index is 1.36. The molecule has 5 rings (SSSR count). The number of amides is 2. The van der Waals surface area contributed by atoms with Crippen LogP contribution >= 0.6 is 0 Å². The lowest BCUT2D eigenvalue weighted by atomic mass is 10.1. The first-order valence-electron chi connectivity index (χ1n) is 12.4. The number of likely N-dealkylation sites (tertiary alicyclic amines) is 1. The second-order valence-corrected chi connectivity index (χ2v) is 10.3. The molecule has 3 aromatic heterocycles. The molecule has 1 aliphatic heterocycles. The predicted octanol–water partition coefficient (Wildman–Crippen LogP) is 4.76. The Morgan fingerprint density at radius 3 is 2.66 bits per heavy atom. The molecule has 1 saturated heterocycles. The van der Waals surface area contributed by atoms with Gasteiger partial charge in [0.15, 0.2) is 11.5 Å². The van der Waals surface area contributed by atoms with E-state index in [1.54, 1.807) is 36.4 Å². The average Bonchev–Trinajstić information content (AvgIpc) is 3.24. The van der Waals surface area contributed by atoms with Gasteiger partial charge in [0.25, 0.3) is 5.91 Å². The lowest BCUT2D eigenvalue weighted by molar-refractivity contribution is 0.00791. The second kappa shape index (κ2) is 9.88. The molecule has 4 heterocycles. The molecule has 198 valence electrons. The van der Waals surface area contributed by atoms with Crippen molar-refractivity contribution in [1.82, 2.24) is 24.3 Å². The molecule has 0 saturated carbocycles. The van der Waals surface area contributed by atoms with Crippen LogP contribution in [-0.2, 0) is 4.74 Å². The maximum absolute atomic E-state index is 14.5. The zero-order valence-corrected chi connectivity index (χ0v) is 21.7. The van der Waals surface area contributed by atoms with Crippen molar-refractivity contribution >= 4 is 34.4 Å². The number of aromatic nitrogens is 4. The number of anilines is 1. The van der Waals surface area contributed by atoms with Crippen molar-refractivity contribution in [2.45, 2.75) is 52.2 Å². The molecule has 11 heteroatoms. The number of nitrogens with one attached hydrogen (secondary N) is 1. The topological polar surface area (TPSA) is 111 Å². The van der Waals surface area contributed by atoms with Gasteiger partial charge in [-0.15, -0.1) is 0 Å². The number of halogens is 1. The lowest BCUT2D eigenvalue weighted by Gasteiger charge is -2.34. The van der Waals surface area contributed by atoms with Crippen molar-refractivity contribution in [3.63, 3.8) is 0 Å². The van der Waals surface area contributed by atoms with Crippen LogP contribution in [0.2, 0.25) is 0 Å². The fourth-order valence-corrected chi connectivity index (χ4v) is 4.46. The van der Waals surface area contributed by atoms with Gasteiger partial charge in [0.05, 0.1) is 23.5 Å². The number of carbonyl (C=O) groups excluding carboxylic acids is 2. The van der Waals surface area contributed by atoms with Gasteiger partial charge in [0, 0.05) is 37.4 Å². The molecule has 38 heavy (non-hydrogen) atoms. The van der Waals surface area contributed by atoms with Crippen LogP contribution in [-0.4, -0.2) is 61.0 Å². The molecule has 0 spiro atoms. The van der Waals surface area contributed by atoms with Gasteiger partial charge in [-0.25, -0.2) is 19.2 Å². The Hall–Kier alpha value is -4.28. The van der Waals surface area contributed by atoms with Crippen LogP contribution in [0.3, 0.4) is 0 Å². The Kier molecular flexibility index (Phi) is 6.60. The SMILES string of the molecule is Cc1cn2cc(NC(=O)c3ccc(OC4CCCN(C(=O)OC(C)(C)C)C4)c4nccnc34)cc(F)c2n1. The van der Waals surface area contributed by atoms with Crippen LogP contribution < -0.4 is 10.1 Å². The van der Waals surface area contributed by atoms with Gasteiger partial charge in [0.1, 0.15) is 28.5 Å². The van der Waals surface area contributed by atoms with Gasteiger partial charge < -0.3 is 24.1 Å². The largest absolute Gasteiger partial charge is 0.486 e. The van der Waals surface area contributed by atoms with Gasteiger partial charge in [-0.05, 0) is 52.7 Å². The Morgan fingerprint density at radius 2 is 1.89 bits per heavy atom. The quantitative estimate of drug-likeness (QED) is 0.413. The van der Waals surface area contributed by atoms with Gasteiger partial charge in [-0.2, -0.15) is 0 Å². The number of carbonyl (C=O) groups is 2. The third-order valence-electron chi connectivity index (χ3n) is 6.04. The number of pyridine rings is 1. The number of piperidine rings is 1. The maximum Gasteiger partial charge on any atom is 0.410 e. The molecule has 1 atom stereocenters. The van der Waals surface area contributed by atoms with E-state index < -0.39 is 17.3 Å². The number of ether oxygens (including phenoxy) is 2. The van der Waals surface area contributed by atoms with Gasteiger partial charge >= 0.3 is 6.09 Å². The molecule has 1 unspecified atom stereocenters. The summed E-state index contributed by atoms with van der Waals surface area (Å²) in [6.07, 6.45) is 7.18. The predicted molar refractivity (Wildman–Crippen MR) is 139 cm³/mol. The highest BCUT2D eigenvalue weighted by Crippen LogP contribution is 2.29. The van der Waals surface area contributed by atoms with Crippen LogP contribution in [0.25, 0.3) is 16.7 Å². The van der Waals surface area contributed by atoms with E-state index in [0.29, 0.717) is 35.6 Å². The van der Waals surface area contributed by atoms with E-state index in [1.165, 1.54) is 22.9 Å². The summed E-state index contributed by atoms with van der Waals surface area (Å²) in [5, 5.41) is 2.74. The third-order valence-corrected chi connectivity index (χ3v) is 6.04. The highest BCUT2D eigenvalue weighted by atomic mass is 19.1. The van der Waals surface area contributed by atoms with Gasteiger partial charge in [0.2, 0.25) is 0 Å². The first kappa shape index (κ1) is 25.4. The number of nitrogens with zero attached hydrogens (tertiary/aromatic N) is 5. The van der Waals surface area contributed by atoms with Crippen LogP contribution in [0, 0.1) is 12.7 Å². The van der Waals surface area contributed by atoms with Crippen molar-refractivity contribution < 1.29 is 23.5 Å². The van der Waals surface area contributed by atoms with E-state index in [1.807, 2.05) is 20.8 Å². The van der Waals surface area contributed by atoms with Crippen molar-refractivity contribution in [2.24, 2.45) is 0 Å². The van der Waals surface area contributed by atoms with Crippen molar-refractivity contribution in [2.75, 3.05) is 18.4 Å². The monoisotopic (exact) mass is 520 g/mol. The van der Waals surface area contributed by atoms with Gasteiger partial charge in [-0.3, -0.25) is 9.78 Å². The van der Waals surface area contributed by atoms with Crippen molar-refractivity contribution in [3.8, 4) is 5.75 Å². The molecule has 1 aromatic carbocycles. The average molecular weight is 521 g/mol. The zero-order valence-electron chi connectivity index (χ0n) is 21.7. The number of fused-ring (bicyclic) bond motifs is 2. The minimum atomic E-state index is -0.581. The highest BCUT2D eigenvalue weighted by Gasteiger charge is 2.29. The number of hydrogen-bond donors (Lipinski definition) is 1. The summed E-state index contributed by atoms with van der Waals surface area (Å²) in [7, 11) is 0. The number of hydrogen-bond acceptors (Lipinski definition) is 7. The van der Waals surface area contributed by atoms with E-state index in [-0.39, 0.29) is 29.1 Å². The summed E-state index contributed by atoms with van der Waals surface area (Å²) in [4.78, 5) is 40.3. The lowest BCUT2D eigenvalue weighted by Crippen LogP contribution is -2.46. The smallest absolute Gasteiger partial charge is 0.410 e. The molecule has 1 N–H and O–H groups in total. The summed E-state index contributed by atoms with van der Waals surface area (Å²) in [6, 6.07) is 4.50.